The normalized spacial score (nSPS) is 14.9. The third-order valence-electron chi connectivity index (χ3n) is 3.43. The number of halogens is 1. The van der Waals surface area contributed by atoms with Crippen LogP contribution in [0.4, 0.5) is 20.6 Å². The van der Waals surface area contributed by atoms with E-state index >= 15 is 0 Å². The van der Waals surface area contributed by atoms with E-state index in [1.807, 2.05) is 24.3 Å². The molecule has 2 aromatic carbocycles. The summed E-state index contributed by atoms with van der Waals surface area (Å²) in [5, 5.41) is 5.49. The van der Waals surface area contributed by atoms with Gasteiger partial charge in [-0.15, -0.1) is 0 Å². The number of nitrogens with two attached hydrogens (primary N) is 1. The summed E-state index contributed by atoms with van der Waals surface area (Å²) in [6.45, 7) is 1.18. The molecule has 0 radical (unpaired) electrons. The predicted octanol–water partition coefficient (Wildman–Crippen LogP) is 3.24. The van der Waals surface area contributed by atoms with E-state index in [-0.39, 0.29) is 11.8 Å². The monoisotopic (exact) mass is 303 g/mol. The SMILES string of the molecule is NSc1ccc(N2CCN(c3ccc(F)cc3)C2=O)cc1. The molecule has 0 atom stereocenters. The third kappa shape index (κ3) is 2.72. The van der Waals surface area contributed by atoms with Crippen LogP contribution in [0.1, 0.15) is 0 Å². The highest BCUT2D eigenvalue weighted by atomic mass is 32.2. The minimum atomic E-state index is -0.308. The summed E-state index contributed by atoms with van der Waals surface area (Å²) in [7, 11) is 0. The van der Waals surface area contributed by atoms with Crippen molar-refractivity contribution >= 4 is 29.4 Å². The number of carbonyl (C=O) groups excluding carboxylic acids is 1. The van der Waals surface area contributed by atoms with Gasteiger partial charge >= 0.3 is 6.03 Å². The first kappa shape index (κ1) is 13.9. The first-order valence-electron chi connectivity index (χ1n) is 6.50. The number of hydrogen-bond acceptors (Lipinski definition) is 3. The Morgan fingerprint density at radius 1 is 0.905 bits per heavy atom. The molecule has 1 heterocycles. The lowest BCUT2D eigenvalue weighted by atomic mass is 10.3. The Morgan fingerprint density at radius 3 is 1.86 bits per heavy atom. The molecule has 0 aromatic heterocycles. The second-order valence-electron chi connectivity index (χ2n) is 4.67. The van der Waals surface area contributed by atoms with Crippen LogP contribution >= 0.6 is 11.9 Å². The van der Waals surface area contributed by atoms with Crippen molar-refractivity contribution in [2.75, 3.05) is 22.9 Å². The molecule has 1 fully saturated rings. The van der Waals surface area contributed by atoms with Gasteiger partial charge in [-0.25, -0.2) is 9.18 Å². The van der Waals surface area contributed by atoms with Gasteiger partial charge in [0.25, 0.3) is 0 Å². The summed E-state index contributed by atoms with van der Waals surface area (Å²) < 4.78 is 13.0. The van der Waals surface area contributed by atoms with E-state index in [4.69, 9.17) is 5.14 Å². The summed E-state index contributed by atoms with van der Waals surface area (Å²) in [5.41, 5.74) is 1.54. The van der Waals surface area contributed by atoms with Gasteiger partial charge < -0.3 is 0 Å². The van der Waals surface area contributed by atoms with Crippen molar-refractivity contribution in [3.8, 4) is 0 Å². The molecule has 21 heavy (non-hydrogen) atoms. The van der Waals surface area contributed by atoms with Crippen molar-refractivity contribution in [1.29, 1.82) is 0 Å². The van der Waals surface area contributed by atoms with E-state index in [0.717, 1.165) is 10.6 Å². The molecule has 4 nitrogen and oxygen atoms in total. The highest BCUT2D eigenvalue weighted by Crippen LogP contribution is 2.26. The second-order valence-corrected chi connectivity index (χ2v) is 5.38. The van der Waals surface area contributed by atoms with Crippen LogP contribution in [0, 0.1) is 5.82 Å². The van der Waals surface area contributed by atoms with Crippen LogP contribution in [0.3, 0.4) is 0 Å². The Balaban J connectivity index is 1.80. The van der Waals surface area contributed by atoms with Gasteiger partial charge in [-0.05, 0) is 60.5 Å². The van der Waals surface area contributed by atoms with E-state index in [1.165, 1.54) is 24.1 Å². The van der Waals surface area contributed by atoms with E-state index < -0.39 is 0 Å². The molecular weight excluding hydrogens is 289 g/mol. The van der Waals surface area contributed by atoms with Gasteiger partial charge in [0.2, 0.25) is 0 Å². The van der Waals surface area contributed by atoms with Gasteiger partial charge in [0.1, 0.15) is 5.82 Å². The zero-order valence-corrected chi connectivity index (χ0v) is 12.0. The lowest BCUT2D eigenvalue weighted by Crippen LogP contribution is -2.31. The molecule has 1 aliphatic heterocycles. The molecule has 2 aromatic rings. The van der Waals surface area contributed by atoms with Crippen LogP contribution < -0.4 is 14.9 Å². The maximum absolute atomic E-state index is 13.0. The predicted molar refractivity (Wildman–Crippen MR) is 83.0 cm³/mol. The molecular formula is C15H14FN3OS. The van der Waals surface area contributed by atoms with Crippen LogP contribution in [0.25, 0.3) is 0 Å². The van der Waals surface area contributed by atoms with E-state index in [9.17, 15) is 9.18 Å². The number of carbonyl (C=O) groups is 1. The number of rotatable bonds is 3. The second kappa shape index (κ2) is 5.75. The fourth-order valence-electron chi connectivity index (χ4n) is 2.34. The summed E-state index contributed by atoms with van der Waals surface area (Å²) in [6.07, 6.45) is 0. The van der Waals surface area contributed by atoms with Gasteiger partial charge in [0.15, 0.2) is 0 Å². The van der Waals surface area contributed by atoms with Crippen molar-refractivity contribution < 1.29 is 9.18 Å². The first-order chi connectivity index (χ1) is 10.2. The molecule has 0 saturated carbocycles. The quantitative estimate of drug-likeness (QED) is 0.886. The molecule has 0 unspecified atom stereocenters. The fourth-order valence-corrected chi connectivity index (χ4v) is 2.63. The fraction of sp³-hybridized carbons (Fsp3) is 0.133. The molecule has 3 rings (SSSR count). The van der Waals surface area contributed by atoms with Crippen LogP contribution in [-0.4, -0.2) is 19.1 Å². The minimum Gasteiger partial charge on any atom is -0.292 e. The Labute approximate surface area is 126 Å². The lowest BCUT2D eigenvalue weighted by molar-refractivity contribution is 0.256. The molecule has 6 heteroatoms. The van der Waals surface area contributed by atoms with Crippen LogP contribution in [0.5, 0.6) is 0 Å². The molecule has 0 spiro atoms. The average Bonchev–Trinajstić information content (AvgIpc) is 2.90. The molecule has 1 aliphatic rings. The highest BCUT2D eigenvalue weighted by Gasteiger charge is 2.30. The molecule has 0 bridgehead atoms. The van der Waals surface area contributed by atoms with Crippen LogP contribution in [-0.2, 0) is 0 Å². The highest BCUT2D eigenvalue weighted by molar-refractivity contribution is 7.97. The molecule has 2 N–H and O–H groups in total. The topological polar surface area (TPSA) is 49.6 Å². The summed E-state index contributed by atoms with van der Waals surface area (Å²) in [5.74, 6) is -0.308. The van der Waals surface area contributed by atoms with E-state index in [0.29, 0.717) is 18.8 Å². The lowest BCUT2D eigenvalue weighted by Gasteiger charge is -2.19. The van der Waals surface area contributed by atoms with Crippen LogP contribution in [0.2, 0.25) is 0 Å². The van der Waals surface area contributed by atoms with Crippen LogP contribution in [0.15, 0.2) is 53.4 Å². The molecule has 108 valence electrons. The van der Waals surface area contributed by atoms with Gasteiger partial charge in [-0.1, -0.05) is 0 Å². The Kier molecular flexibility index (Phi) is 3.81. The van der Waals surface area contributed by atoms with Gasteiger partial charge in [-0.3, -0.25) is 14.9 Å². The first-order valence-corrected chi connectivity index (χ1v) is 7.38. The largest absolute Gasteiger partial charge is 0.329 e. The maximum atomic E-state index is 13.0. The van der Waals surface area contributed by atoms with Crippen molar-refractivity contribution in [2.45, 2.75) is 4.90 Å². The number of urea groups is 1. The molecule has 0 aliphatic carbocycles. The molecule has 2 amide bonds. The van der Waals surface area contributed by atoms with Gasteiger partial charge in [0, 0.05) is 29.4 Å². The number of anilines is 2. The number of hydrogen-bond donors (Lipinski definition) is 1. The smallest absolute Gasteiger partial charge is 0.292 e. The minimum absolute atomic E-state index is 0.102. The van der Waals surface area contributed by atoms with Gasteiger partial charge in [0.05, 0.1) is 0 Å². The standard InChI is InChI=1S/C15H14FN3OS/c16-11-1-3-12(4-2-11)18-9-10-19(15(18)20)13-5-7-14(21-17)8-6-13/h1-8H,9-10,17H2. The van der Waals surface area contributed by atoms with Gasteiger partial charge in [-0.2, -0.15) is 0 Å². The zero-order chi connectivity index (χ0) is 14.8. The Morgan fingerprint density at radius 2 is 1.38 bits per heavy atom. The maximum Gasteiger partial charge on any atom is 0.329 e. The van der Waals surface area contributed by atoms with Crippen molar-refractivity contribution in [3.05, 3.63) is 54.3 Å². The summed E-state index contributed by atoms with van der Waals surface area (Å²) in [6, 6.07) is 13.4. The third-order valence-corrected chi connectivity index (χ3v) is 3.98. The number of benzene rings is 2. The van der Waals surface area contributed by atoms with Crippen molar-refractivity contribution in [1.82, 2.24) is 0 Å². The van der Waals surface area contributed by atoms with E-state index in [2.05, 4.69) is 0 Å². The molecule has 1 saturated heterocycles. The zero-order valence-electron chi connectivity index (χ0n) is 11.2. The summed E-state index contributed by atoms with van der Waals surface area (Å²) in [4.78, 5) is 16.8. The Hall–Kier alpha value is -2.05. The Bertz CT molecular complexity index is 645. The number of nitrogens with zero attached hydrogens (tertiary/aromatic N) is 2. The van der Waals surface area contributed by atoms with Crippen molar-refractivity contribution in [3.63, 3.8) is 0 Å². The van der Waals surface area contributed by atoms with E-state index in [1.54, 1.807) is 21.9 Å². The number of amides is 2. The summed E-state index contributed by atoms with van der Waals surface area (Å²) >= 11 is 1.17. The van der Waals surface area contributed by atoms with Crippen molar-refractivity contribution in [2.24, 2.45) is 5.14 Å². The average molecular weight is 303 g/mol.